The van der Waals surface area contributed by atoms with Crippen LogP contribution in [0.25, 0.3) is 0 Å². The van der Waals surface area contributed by atoms with E-state index in [0.717, 1.165) is 18.0 Å². The summed E-state index contributed by atoms with van der Waals surface area (Å²) < 4.78 is 0. The Morgan fingerprint density at radius 3 is 3.09 bits per heavy atom. The van der Waals surface area contributed by atoms with Gasteiger partial charge in [-0.3, -0.25) is 0 Å². The fourth-order valence-corrected chi connectivity index (χ4v) is 1.68. The SMILES string of the molecule is Cc1c(Cl)ccc2c1NCC2. The molecule has 0 unspecified atom stereocenters. The highest BCUT2D eigenvalue weighted by molar-refractivity contribution is 6.31. The van der Waals surface area contributed by atoms with Crippen molar-refractivity contribution >= 4 is 17.3 Å². The summed E-state index contributed by atoms with van der Waals surface area (Å²) in [6, 6.07) is 4.08. The van der Waals surface area contributed by atoms with Crippen molar-refractivity contribution in [2.24, 2.45) is 0 Å². The van der Waals surface area contributed by atoms with Gasteiger partial charge in [0.1, 0.15) is 0 Å². The van der Waals surface area contributed by atoms with Crippen LogP contribution < -0.4 is 5.32 Å². The van der Waals surface area contributed by atoms with Gasteiger partial charge in [0.05, 0.1) is 0 Å². The first kappa shape index (κ1) is 6.99. The van der Waals surface area contributed by atoms with Crippen molar-refractivity contribution in [2.75, 3.05) is 11.9 Å². The fourth-order valence-electron chi connectivity index (χ4n) is 1.52. The van der Waals surface area contributed by atoms with Crippen molar-refractivity contribution in [1.82, 2.24) is 0 Å². The molecule has 1 N–H and O–H groups in total. The average Bonchev–Trinajstić information content (AvgIpc) is 2.45. The van der Waals surface area contributed by atoms with Crippen LogP contribution in [0.15, 0.2) is 12.1 Å². The Balaban J connectivity index is 2.62. The van der Waals surface area contributed by atoms with E-state index in [1.54, 1.807) is 0 Å². The zero-order valence-corrected chi connectivity index (χ0v) is 7.20. The van der Waals surface area contributed by atoms with Gasteiger partial charge in [-0.25, -0.2) is 0 Å². The summed E-state index contributed by atoms with van der Waals surface area (Å²) in [5, 5.41) is 4.18. The van der Waals surface area contributed by atoms with Crippen molar-refractivity contribution in [2.45, 2.75) is 13.3 Å². The summed E-state index contributed by atoms with van der Waals surface area (Å²) in [5.74, 6) is 0. The number of anilines is 1. The van der Waals surface area contributed by atoms with E-state index in [9.17, 15) is 0 Å². The molecular weight excluding hydrogens is 158 g/mol. The lowest BCUT2D eigenvalue weighted by Crippen LogP contribution is -1.93. The van der Waals surface area contributed by atoms with E-state index in [1.807, 2.05) is 6.07 Å². The molecule has 1 heterocycles. The predicted molar refractivity (Wildman–Crippen MR) is 48.4 cm³/mol. The summed E-state index contributed by atoms with van der Waals surface area (Å²) in [4.78, 5) is 0. The molecule has 0 aromatic heterocycles. The summed E-state index contributed by atoms with van der Waals surface area (Å²) >= 11 is 5.95. The van der Waals surface area contributed by atoms with Gasteiger partial charge in [0.2, 0.25) is 0 Å². The third-order valence-corrected chi connectivity index (χ3v) is 2.59. The largest absolute Gasteiger partial charge is 0.384 e. The average molecular weight is 168 g/mol. The standard InChI is InChI=1S/C9H10ClN/c1-6-8(10)3-2-7-4-5-11-9(6)7/h2-3,11H,4-5H2,1H3. The zero-order chi connectivity index (χ0) is 7.84. The van der Waals surface area contributed by atoms with Crippen LogP contribution in [0.1, 0.15) is 11.1 Å². The Kier molecular flexibility index (Phi) is 1.53. The topological polar surface area (TPSA) is 12.0 Å². The van der Waals surface area contributed by atoms with Crippen LogP contribution in [-0.2, 0) is 6.42 Å². The Labute approximate surface area is 71.4 Å². The summed E-state index contributed by atoms with van der Waals surface area (Å²) in [6.07, 6.45) is 1.13. The molecule has 0 amide bonds. The van der Waals surface area contributed by atoms with Gasteiger partial charge in [-0.1, -0.05) is 17.7 Å². The van der Waals surface area contributed by atoms with E-state index in [0.29, 0.717) is 0 Å². The highest BCUT2D eigenvalue weighted by Crippen LogP contribution is 2.30. The van der Waals surface area contributed by atoms with Crippen LogP contribution in [0, 0.1) is 6.92 Å². The second kappa shape index (κ2) is 2.42. The molecule has 11 heavy (non-hydrogen) atoms. The van der Waals surface area contributed by atoms with Gasteiger partial charge >= 0.3 is 0 Å². The van der Waals surface area contributed by atoms with Gasteiger partial charge in [0.25, 0.3) is 0 Å². The normalized spacial score (nSPS) is 14.4. The third kappa shape index (κ3) is 1.000. The van der Waals surface area contributed by atoms with Crippen molar-refractivity contribution in [3.05, 3.63) is 28.3 Å². The molecule has 1 aromatic rings. The second-order valence-electron chi connectivity index (χ2n) is 2.88. The first-order valence-electron chi connectivity index (χ1n) is 3.81. The molecule has 2 heteroatoms. The number of hydrogen-bond acceptors (Lipinski definition) is 1. The number of hydrogen-bond donors (Lipinski definition) is 1. The maximum atomic E-state index is 5.95. The number of nitrogens with one attached hydrogen (secondary N) is 1. The van der Waals surface area contributed by atoms with Gasteiger partial charge in [0, 0.05) is 17.3 Å². The van der Waals surface area contributed by atoms with Crippen LogP contribution >= 0.6 is 11.6 Å². The van der Waals surface area contributed by atoms with Gasteiger partial charge in [0.15, 0.2) is 0 Å². The van der Waals surface area contributed by atoms with Crippen molar-refractivity contribution in [1.29, 1.82) is 0 Å². The van der Waals surface area contributed by atoms with E-state index < -0.39 is 0 Å². The number of rotatable bonds is 0. The molecule has 0 fully saturated rings. The Morgan fingerprint density at radius 1 is 1.45 bits per heavy atom. The molecule has 0 atom stereocenters. The first-order chi connectivity index (χ1) is 5.29. The summed E-state index contributed by atoms with van der Waals surface area (Å²) in [7, 11) is 0. The fraction of sp³-hybridized carbons (Fsp3) is 0.333. The molecule has 1 aliphatic rings. The minimum absolute atomic E-state index is 0.859. The number of halogens is 1. The molecule has 0 aliphatic carbocycles. The quantitative estimate of drug-likeness (QED) is 0.627. The molecule has 1 nitrogen and oxygen atoms in total. The van der Waals surface area contributed by atoms with Crippen molar-refractivity contribution in [3.63, 3.8) is 0 Å². The smallest absolute Gasteiger partial charge is 0.0455 e. The van der Waals surface area contributed by atoms with Crippen LogP contribution in [0.3, 0.4) is 0 Å². The zero-order valence-electron chi connectivity index (χ0n) is 6.45. The Hall–Kier alpha value is -0.690. The molecule has 1 aliphatic heterocycles. The van der Waals surface area contributed by atoms with Gasteiger partial charge in [-0.05, 0) is 30.5 Å². The molecule has 0 saturated heterocycles. The molecule has 0 radical (unpaired) electrons. The van der Waals surface area contributed by atoms with E-state index in [2.05, 4.69) is 18.3 Å². The van der Waals surface area contributed by atoms with Gasteiger partial charge < -0.3 is 5.32 Å². The third-order valence-electron chi connectivity index (χ3n) is 2.18. The van der Waals surface area contributed by atoms with E-state index in [4.69, 9.17) is 11.6 Å². The van der Waals surface area contributed by atoms with E-state index in [1.165, 1.54) is 16.8 Å². The number of fused-ring (bicyclic) bond motifs is 1. The molecule has 0 bridgehead atoms. The Morgan fingerprint density at radius 2 is 2.27 bits per heavy atom. The first-order valence-corrected chi connectivity index (χ1v) is 4.18. The van der Waals surface area contributed by atoms with Crippen molar-refractivity contribution < 1.29 is 0 Å². The molecule has 2 rings (SSSR count). The number of benzene rings is 1. The second-order valence-corrected chi connectivity index (χ2v) is 3.29. The lowest BCUT2D eigenvalue weighted by molar-refractivity contribution is 1.11. The van der Waals surface area contributed by atoms with E-state index in [-0.39, 0.29) is 0 Å². The molecular formula is C9H10ClN. The lowest BCUT2D eigenvalue weighted by Gasteiger charge is -2.05. The molecule has 1 aromatic carbocycles. The van der Waals surface area contributed by atoms with Crippen LogP contribution in [-0.4, -0.2) is 6.54 Å². The lowest BCUT2D eigenvalue weighted by atomic mass is 10.1. The molecule has 0 spiro atoms. The minimum Gasteiger partial charge on any atom is -0.384 e. The van der Waals surface area contributed by atoms with Crippen LogP contribution in [0.5, 0.6) is 0 Å². The predicted octanol–water partition coefficient (Wildman–Crippen LogP) is 2.62. The summed E-state index contributed by atoms with van der Waals surface area (Å²) in [5.41, 5.74) is 3.83. The van der Waals surface area contributed by atoms with Crippen molar-refractivity contribution in [3.8, 4) is 0 Å². The summed E-state index contributed by atoms with van der Waals surface area (Å²) in [6.45, 7) is 3.11. The molecule has 58 valence electrons. The monoisotopic (exact) mass is 167 g/mol. The highest BCUT2D eigenvalue weighted by atomic mass is 35.5. The molecule has 0 saturated carbocycles. The minimum atomic E-state index is 0.859. The van der Waals surface area contributed by atoms with Gasteiger partial charge in [-0.2, -0.15) is 0 Å². The maximum absolute atomic E-state index is 5.95. The highest BCUT2D eigenvalue weighted by Gasteiger charge is 2.12. The van der Waals surface area contributed by atoms with Gasteiger partial charge in [-0.15, -0.1) is 0 Å². The maximum Gasteiger partial charge on any atom is 0.0455 e. The van der Waals surface area contributed by atoms with Crippen LogP contribution in [0.4, 0.5) is 5.69 Å². The van der Waals surface area contributed by atoms with E-state index >= 15 is 0 Å². The van der Waals surface area contributed by atoms with Crippen LogP contribution in [0.2, 0.25) is 5.02 Å². The Bertz CT molecular complexity index is 294.